The van der Waals surface area contributed by atoms with E-state index in [0.29, 0.717) is 29.4 Å². The van der Waals surface area contributed by atoms with Gasteiger partial charge in [0, 0.05) is 5.69 Å². The minimum absolute atomic E-state index is 0.125. The Morgan fingerprint density at radius 3 is 2.75 bits per heavy atom. The van der Waals surface area contributed by atoms with Gasteiger partial charge in [0.25, 0.3) is 5.91 Å². The summed E-state index contributed by atoms with van der Waals surface area (Å²) in [6.07, 6.45) is -0.758. The summed E-state index contributed by atoms with van der Waals surface area (Å²) in [6, 6.07) is 13.7. The molecule has 6 heteroatoms. The van der Waals surface area contributed by atoms with Crippen LogP contribution in [0.3, 0.4) is 0 Å². The minimum atomic E-state index is -0.758. The number of rotatable bonds is 4. The van der Waals surface area contributed by atoms with E-state index in [-0.39, 0.29) is 12.5 Å². The van der Waals surface area contributed by atoms with Gasteiger partial charge in [-0.15, -0.1) is 0 Å². The van der Waals surface area contributed by atoms with Gasteiger partial charge in [0.15, 0.2) is 11.5 Å². The van der Waals surface area contributed by atoms with Crippen LogP contribution in [0, 0.1) is 0 Å². The number of benzene rings is 2. The van der Waals surface area contributed by atoms with E-state index in [0.717, 1.165) is 0 Å². The highest BCUT2D eigenvalue weighted by atomic mass is 16.6. The fraction of sp³-hybridized carbons (Fsp3) is 0.222. The summed E-state index contributed by atoms with van der Waals surface area (Å²) < 4.78 is 16.1. The molecule has 124 valence electrons. The zero-order chi connectivity index (χ0) is 16.9. The van der Waals surface area contributed by atoms with Crippen molar-refractivity contribution in [2.45, 2.75) is 13.0 Å². The van der Waals surface area contributed by atoms with Crippen molar-refractivity contribution in [3.63, 3.8) is 0 Å². The van der Waals surface area contributed by atoms with Crippen molar-refractivity contribution in [1.29, 1.82) is 0 Å². The predicted octanol–water partition coefficient (Wildman–Crippen LogP) is 2.64. The molecule has 0 radical (unpaired) electrons. The van der Waals surface area contributed by atoms with E-state index < -0.39 is 12.1 Å². The van der Waals surface area contributed by atoms with Gasteiger partial charge in [-0.3, -0.25) is 4.79 Å². The number of carbonyl (C=O) groups is 2. The molecule has 0 fully saturated rings. The molecule has 1 heterocycles. The van der Waals surface area contributed by atoms with E-state index in [9.17, 15) is 9.59 Å². The molecule has 0 aromatic heterocycles. The van der Waals surface area contributed by atoms with E-state index >= 15 is 0 Å². The highest BCUT2D eigenvalue weighted by Crippen LogP contribution is 2.31. The van der Waals surface area contributed by atoms with Gasteiger partial charge in [-0.1, -0.05) is 18.2 Å². The van der Waals surface area contributed by atoms with E-state index in [2.05, 4.69) is 5.32 Å². The van der Waals surface area contributed by atoms with Crippen molar-refractivity contribution in [1.82, 2.24) is 0 Å². The Hall–Kier alpha value is -3.02. The fourth-order valence-electron chi connectivity index (χ4n) is 2.31. The van der Waals surface area contributed by atoms with Crippen molar-refractivity contribution in [3.8, 4) is 11.5 Å². The number of hydrogen-bond donors (Lipinski definition) is 1. The minimum Gasteiger partial charge on any atom is -0.485 e. The zero-order valence-corrected chi connectivity index (χ0v) is 13.2. The topological polar surface area (TPSA) is 73.9 Å². The van der Waals surface area contributed by atoms with E-state index in [1.165, 1.54) is 0 Å². The number of hydrogen-bond acceptors (Lipinski definition) is 5. The van der Waals surface area contributed by atoms with E-state index in [4.69, 9.17) is 14.2 Å². The van der Waals surface area contributed by atoms with Gasteiger partial charge in [0.1, 0.15) is 6.61 Å². The number of para-hydroxylation sites is 2. The van der Waals surface area contributed by atoms with Crippen LogP contribution in [0.1, 0.15) is 17.3 Å². The first-order valence-electron chi connectivity index (χ1n) is 7.64. The lowest BCUT2D eigenvalue weighted by molar-refractivity contribution is -0.125. The van der Waals surface area contributed by atoms with E-state index in [1.807, 2.05) is 12.1 Å². The van der Waals surface area contributed by atoms with Crippen LogP contribution >= 0.6 is 0 Å². The average Bonchev–Trinajstić information content (AvgIpc) is 2.61. The summed E-state index contributed by atoms with van der Waals surface area (Å²) in [4.78, 5) is 24.1. The van der Waals surface area contributed by atoms with Gasteiger partial charge < -0.3 is 19.5 Å². The van der Waals surface area contributed by atoms with Gasteiger partial charge in [-0.2, -0.15) is 0 Å². The maximum absolute atomic E-state index is 12.4. The second-order valence-corrected chi connectivity index (χ2v) is 5.15. The Kier molecular flexibility index (Phi) is 4.65. The molecule has 0 saturated carbocycles. The molecule has 24 heavy (non-hydrogen) atoms. The van der Waals surface area contributed by atoms with Crippen LogP contribution in [-0.4, -0.2) is 31.2 Å². The molecular formula is C18H17NO5. The first-order valence-corrected chi connectivity index (χ1v) is 7.64. The summed E-state index contributed by atoms with van der Waals surface area (Å²) in [5, 5.41) is 2.73. The van der Waals surface area contributed by atoms with Crippen molar-refractivity contribution in [3.05, 3.63) is 54.1 Å². The third-order valence-electron chi connectivity index (χ3n) is 3.44. The van der Waals surface area contributed by atoms with Crippen molar-refractivity contribution < 1.29 is 23.8 Å². The molecule has 0 unspecified atom stereocenters. The Labute approximate surface area is 139 Å². The fourth-order valence-corrected chi connectivity index (χ4v) is 2.31. The smallest absolute Gasteiger partial charge is 0.338 e. The monoisotopic (exact) mass is 327 g/mol. The quantitative estimate of drug-likeness (QED) is 0.874. The highest BCUT2D eigenvalue weighted by Gasteiger charge is 2.27. The molecule has 0 aliphatic carbocycles. The summed E-state index contributed by atoms with van der Waals surface area (Å²) in [6.45, 7) is 2.16. The molecule has 0 spiro atoms. The standard InChI is InChI=1S/C18H17NO5/c1-2-22-18(21)12-6-5-7-13(10-12)19-17(20)16-11-23-14-8-3-4-9-15(14)24-16/h3-10,16H,2,11H2,1H3,(H,19,20)/t16-/m1/s1. The normalized spacial score (nSPS) is 15.5. The number of amides is 1. The van der Waals surface area contributed by atoms with Crippen molar-refractivity contribution in [2.24, 2.45) is 0 Å². The summed E-state index contributed by atoms with van der Waals surface area (Å²) in [5.41, 5.74) is 0.869. The molecule has 1 aliphatic heterocycles. The average molecular weight is 327 g/mol. The summed E-state index contributed by atoms with van der Waals surface area (Å²) in [7, 11) is 0. The number of esters is 1. The first kappa shape index (κ1) is 15.9. The largest absolute Gasteiger partial charge is 0.485 e. The molecule has 1 amide bonds. The second kappa shape index (κ2) is 7.04. The van der Waals surface area contributed by atoms with Crippen LogP contribution in [0.15, 0.2) is 48.5 Å². The Balaban J connectivity index is 1.67. The van der Waals surface area contributed by atoms with Crippen LogP contribution in [0.4, 0.5) is 5.69 Å². The molecule has 0 bridgehead atoms. The zero-order valence-electron chi connectivity index (χ0n) is 13.2. The van der Waals surface area contributed by atoms with Crippen LogP contribution in [0.2, 0.25) is 0 Å². The van der Waals surface area contributed by atoms with Gasteiger partial charge in [-0.05, 0) is 37.3 Å². The van der Waals surface area contributed by atoms with Gasteiger partial charge in [0.05, 0.1) is 12.2 Å². The summed E-state index contributed by atoms with van der Waals surface area (Å²) >= 11 is 0. The van der Waals surface area contributed by atoms with Crippen LogP contribution in [0.5, 0.6) is 11.5 Å². The molecule has 3 rings (SSSR count). The number of nitrogens with one attached hydrogen (secondary N) is 1. The maximum Gasteiger partial charge on any atom is 0.338 e. The van der Waals surface area contributed by atoms with Gasteiger partial charge in [-0.25, -0.2) is 4.79 Å². The number of anilines is 1. The third kappa shape index (κ3) is 3.48. The van der Waals surface area contributed by atoms with Crippen LogP contribution in [0.25, 0.3) is 0 Å². The molecule has 1 N–H and O–H groups in total. The predicted molar refractivity (Wildman–Crippen MR) is 87.4 cm³/mol. The van der Waals surface area contributed by atoms with Crippen LogP contribution in [-0.2, 0) is 9.53 Å². The van der Waals surface area contributed by atoms with E-state index in [1.54, 1.807) is 43.3 Å². The Bertz CT molecular complexity index is 759. The van der Waals surface area contributed by atoms with Gasteiger partial charge in [0.2, 0.25) is 6.10 Å². The second-order valence-electron chi connectivity index (χ2n) is 5.15. The lowest BCUT2D eigenvalue weighted by atomic mass is 10.2. The summed E-state index contributed by atoms with van der Waals surface area (Å²) in [5.74, 6) is 0.375. The molecule has 2 aromatic carbocycles. The molecule has 0 saturated heterocycles. The Morgan fingerprint density at radius 2 is 1.96 bits per heavy atom. The van der Waals surface area contributed by atoms with Gasteiger partial charge >= 0.3 is 5.97 Å². The lowest BCUT2D eigenvalue weighted by Gasteiger charge is -2.25. The van der Waals surface area contributed by atoms with Crippen molar-refractivity contribution in [2.75, 3.05) is 18.5 Å². The number of carbonyl (C=O) groups excluding carboxylic acids is 2. The lowest BCUT2D eigenvalue weighted by Crippen LogP contribution is -2.40. The molecule has 2 aromatic rings. The Morgan fingerprint density at radius 1 is 1.17 bits per heavy atom. The third-order valence-corrected chi connectivity index (χ3v) is 3.44. The molecule has 1 aliphatic rings. The highest BCUT2D eigenvalue weighted by molar-refractivity contribution is 5.96. The molecular weight excluding hydrogens is 310 g/mol. The first-order chi connectivity index (χ1) is 11.7. The number of fused-ring (bicyclic) bond motifs is 1. The maximum atomic E-state index is 12.4. The molecule has 6 nitrogen and oxygen atoms in total. The molecule has 1 atom stereocenters. The number of ether oxygens (including phenoxy) is 3. The van der Waals surface area contributed by atoms with Crippen LogP contribution < -0.4 is 14.8 Å². The SMILES string of the molecule is CCOC(=O)c1cccc(NC(=O)[C@H]2COc3ccccc3O2)c1. The van der Waals surface area contributed by atoms with Crippen molar-refractivity contribution >= 4 is 17.6 Å².